The van der Waals surface area contributed by atoms with Gasteiger partial charge in [0.05, 0.1) is 5.69 Å². The highest BCUT2D eigenvalue weighted by atomic mass is 16.5. The molecular weight excluding hydrogens is 140 g/mol. The first-order chi connectivity index (χ1) is 5.36. The van der Waals surface area contributed by atoms with E-state index in [1.54, 1.807) is 0 Å². The molecule has 0 radical (unpaired) electrons. The van der Waals surface area contributed by atoms with Crippen molar-refractivity contribution in [1.29, 1.82) is 0 Å². The van der Waals surface area contributed by atoms with E-state index in [1.165, 1.54) is 0 Å². The molecule has 0 atom stereocenters. The first-order valence-electron chi connectivity index (χ1n) is 3.70. The minimum absolute atomic E-state index is 0.712. The fourth-order valence-corrected chi connectivity index (χ4v) is 1.11. The van der Waals surface area contributed by atoms with Gasteiger partial charge in [0.1, 0.15) is 6.61 Å². The van der Waals surface area contributed by atoms with Crippen molar-refractivity contribution in [2.45, 2.75) is 6.92 Å². The van der Waals surface area contributed by atoms with Gasteiger partial charge in [-0.15, -0.1) is 0 Å². The first kappa shape index (κ1) is 6.46. The smallest absolute Gasteiger partial charge is 0.237 e. The van der Waals surface area contributed by atoms with Crippen LogP contribution in [0.25, 0.3) is 0 Å². The third kappa shape index (κ3) is 1.13. The predicted octanol–water partition coefficient (Wildman–Crippen LogP) is 1.19. The summed E-state index contributed by atoms with van der Waals surface area (Å²) in [6.07, 6.45) is 0. The Morgan fingerprint density at radius 2 is 2.45 bits per heavy atom. The first-order valence-corrected chi connectivity index (χ1v) is 3.70. The van der Waals surface area contributed by atoms with Gasteiger partial charge in [0, 0.05) is 12.2 Å². The molecule has 1 aromatic heterocycles. The van der Waals surface area contributed by atoms with Gasteiger partial charge >= 0.3 is 0 Å². The van der Waals surface area contributed by atoms with Gasteiger partial charge in [-0.2, -0.15) is 0 Å². The Hall–Kier alpha value is -1.25. The summed E-state index contributed by atoms with van der Waals surface area (Å²) in [5.74, 6) is 0.733. The minimum Gasteiger partial charge on any atom is -0.474 e. The number of hydrogen-bond donors (Lipinski definition) is 1. The largest absolute Gasteiger partial charge is 0.474 e. The summed E-state index contributed by atoms with van der Waals surface area (Å²) in [6, 6.07) is 3.97. The molecule has 2 rings (SSSR count). The summed E-state index contributed by atoms with van der Waals surface area (Å²) in [5, 5.41) is 3.20. The van der Waals surface area contributed by atoms with Crippen LogP contribution in [0, 0.1) is 6.92 Å². The molecule has 0 spiro atoms. The lowest BCUT2D eigenvalue weighted by Gasteiger charge is -2.17. The average Bonchev–Trinajstić information content (AvgIpc) is 2.04. The van der Waals surface area contributed by atoms with Crippen LogP contribution in [0.5, 0.6) is 5.88 Å². The van der Waals surface area contributed by atoms with Gasteiger partial charge < -0.3 is 10.1 Å². The van der Waals surface area contributed by atoms with E-state index >= 15 is 0 Å². The number of aryl methyl sites for hydroxylation is 1. The summed E-state index contributed by atoms with van der Waals surface area (Å²) in [6.45, 7) is 3.54. The van der Waals surface area contributed by atoms with Crippen LogP contribution in [0.2, 0.25) is 0 Å². The zero-order chi connectivity index (χ0) is 7.68. The summed E-state index contributed by atoms with van der Waals surface area (Å²) in [7, 11) is 0. The number of pyridine rings is 1. The molecule has 58 valence electrons. The second-order valence-corrected chi connectivity index (χ2v) is 2.58. The molecule has 3 heteroatoms. The topological polar surface area (TPSA) is 34.1 Å². The molecule has 1 aliphatic heterocycles. The van der Waals surface area contributed by atoms with E-state index in [2.05, 4.69) is 10.3 Å². The standard InChI is InChI=1S/C8H10N2O/c1-6-2-3-7-8(10-6)11-5-4-9-7/h2-3,9H,4-5H2,1H3. The maximum atomic E-state index is 5.33. The summed E-state index contributed by atoms with van der Waals surface area (Å²) >= 11 is 0. The van der Waals surface area contributed by atoms with E-state index in [9.17, 15) is 0 Å². The Bertz CT molecular complexity index is 273. The zero-order valence-corrected chi connectivity index (χ0v) is 6.42. The fourth-order valence-electron chi connectivity index (χ4n) is 1.11. The molecule has 1 aromatic rings. The van der Waals surface area contributed by atoms with Gasteiger partial charge in [0.25, 0.3) is 0 Å². The molecule has 1 aliphatic rings. The van der Waals surface area contributed by atoms with Crippen LogP contribution < -0.4 is 10.1 Å². The van der Waals surface area contributed by atoms with Crippen LogP contribution in [0.4, 0.5) is 5.69 Å². The fraction of sp³-hybridized carbons (Fsp3) is 0.375. The molecule has 11 heavy (non-hydrogen) atoms. The summed E-state index contributed by atoms with van der Waals surface area (Å²) in [5.41, 5.74) is 1.99. The maximum absolute atomic E-state index is 5.33. The molecule has 0 aromatic carbocycles. The Labute approximate surface area is 65.4 Å². The van der Waals surface area contributed by atoms with E-state index in [-0.39, 0.29) is 0 Å². The lowest BCUT2D eigenvalue weighted by Crippen LogP contribution is -2.18. The van der Waals surface area contributed by atoms with E-state index in [0.29, 0.717) is 6.61 Å². The van der Waals surface area contributed by atoms with Crippen molar-refractivity contribution in [3.8, 4) is 5.88 Å². The monoisotopic (exact) mass is 150 g/mol. The van der Waals surface area contributed by atoms with Crippen molar-refractivity contribution in [2.75, 3.05) is 18.5 Å². The number of aromatic nitrogens is 1. The molecule has 2 heterocycles. The molecule has 0 saturated heterocycles. The third-order valence-corrected chi connectivity index (χ3v) is 1.66. The molecule has 1 N–H and O–H groups in total. The lowest BCUT2D eigenvalue weighted by atomic mass is 10.3. The molecule has 0 fully saturated rings. The Kier molecular flexibility index (Phi) is 1.42. The van der Waals surface area contributed by atoms with Crippen LogP contribution >= 0.6 is 0 Å². The lowest BCUT2D eigenvalue weighted by molar-refractivity contribution is 0.310. The highest BCUT2D eigenvalue weighted by molar-refractivity contribution is 5.54. The van der Waals surface area contributed by atoms with Gasteiger partial charge in [0.2, 0.25) is 5.88 Å². The molecule has 0 bridgehead atoms. The van der Waals surface area contributed by atoms with Gasteiger partial charge in [-0.3, -0.25) is 0 Å². The Morgan fingerprint density at radius 3 is 3.36 bits per heavy atom. The molecule has 0 aliphatic carbocycles. The molecule has 3 nitrogen and oxygen atoms in total. The molecule has 0 unspecified atom stereocenters. The van der Waals surface area contributed by atoms with Crippen molar-refractivity contribution >= 4 is 5.69 Å². The van der Waals surface area contributed by atoms with Crippen molar-refractivity contribution in [3.63, 3.8) is 0 Å². The van der Waals surface area contributed by atoms with Gasteiger partial charge in [-0.1, -0.05) is 0 Å². The number of hydrogen-bond acceptors (Lipinski definition) is 3. The summed E-state index contributed by atoms with van der Waals surface area (Å²) in [4.78, 5) is 4.23. The minimum atomic E-state index is 0.712. The quantitative estimate of drug-likeness (QED) is 0.603. The van der Waals surface area contributed by atoms with Gasteiger partial charge in [-0.25, -0.2) is 4.98 Å². The maximum Gasteiger partial charge on any atom is 0.237 e. The van der Waals surface area contributed by atoms with Crippen LogP contribution in [-0.4, -0.2) is 18.1 Å². The second-order valence-electron chi connectivity index (χ2n) is 2.58. The van der Waals surface area contributed by atoms with Crippen LogP contribution in [-0.2, 0) is 0 Å². The van der Waals surface area contributed by atoms with E-state index in [1.807, 2.05) is 19.1 Å². The van der Waals surface area contributed by atoms with Crippen molar-refractivity contribution < 1.29 is 4.74 Å². The Balaban J connectivity index is 2.43. The number of fused-ring (bicyclic) bond motifs is 1. The zero-order valence-electron chi connectivity index (χ0n) is 6.42. The van der Waals surface area contributed by atoms with Crippen LogP contribution in [0.15, 0.2) is 12.1 Å². The van der Waals surface area contributed by atoms with Gasteiger partial charge in [-0.05, 0) is 19.1 Å². The number of anilines is 1. The highest BCUT2D eigenvalue weighted by Crippen LogP contribution is 2.23. The predicted molar refractivity (Wildman–Crippen MR) is 43.0 cm³/mol. The van der Waals surface area contributed by atoms with Crippen LogP contribution in [0.3, 0.4) is 0 Å². The van der Waals surface area contributed by atoms with E-state index < -0.39 is 0 Å². The molecule has 0 saturated carbocycles. The highest BCUT2D eigenvalue weighted by Gasteiger charge is 2.09. The van der Waals surface area contributed by atoms with Crippen molar-refractivity contribution in [2.24, 2.45) is 0 Å². The number of ether oxygens (including phenoxy) is 1. The number of nitrogens with zero attached hydrogens (tertiary/aromatic N) is 1. The van der Waals surface area contributed by atoms with E-state index in [0.717, 1.165) is 23.8 Å². The normalized spacial score (nSPS) is 14.6. The van der Waals surface area contributed by atoms with Crippen molar-refractivity contribution in [3.05, 3.63) is 17.8 Å². The number of nitrogens with one attached hydrogen (secondary N) is 1. The van der Waals surface area contributed by atoms with Crippen LogP contribution in [0.1, 0.15) is 5.69 Å². The molecular formula is C8H10N2O. The third-order valence-electron chi connectivity index (χ3n) is 1.66. The SMILES string of the molecule is Cc1ccc2c(n1)OCCN2. The van der Waals surface area contributed by atoms with E-state index in [4.69, 9.17) is 4.74 Å². The number of rotatable bonds is 0. The Morgan fingerprint density at radius 1 is 1.55 bits per heavy atom. The second kappa shape index (κ2) is 2.42. The van der Waals surface area contributed by atoms with Gasteiger partial charge in [0.15, 0.2) is 0 Å². The average molecular weight is 150 g/mol. The molecule has 0 amide bonds. The van der Waals surface area contributed by atoms with Crippen molar-refractivity contribution in [1.82, 2.24) is 4.98 Å². The summed E-state index contributed by atoms with van der Waals surface area (Å²) < 4.78 is 5.33.